The number of hydrogen-bond donors (Lipinski definition) is 0. The van der Waals surface area contributed by atoms with Gasteiger partial charge in [-0.2, -0.15) is 10.1 Å². The summed E-state index contributed by atoms with van der Waals surface area (Å²) in [5.41, 5.74) is 1.28. The van der Waals surface area contributed by atoms with Crippen molar-refractivity contribution in [3.05, 3.63) is 42.6 Å². The Morgan fingerprint density at radius 1 is 1.09 bits per heavy atom. The van der Waals surface area contributed by atoms with Gasteiger partial charge in [-0.1, -0.05) is 17.3 Å². The van der Waals surface area contributed by atoms with Crippen LogP contribution < -0.4 is 4.74 Å². The van der Waals surface area contributed by atoms with E-state index in [1.165, 1.54) is 0 Å². The van der Waals surface area contributed by atoms with E-state index in [4.69, 9.17) is 14.0 Å². The Bertz CT molecular complexity index is 746. The first kappa shape index (κ1) is 15.1. The lowest BCUT2D eigenvalue weighted by molar-refractivity contribution is 0.110. The van der Waals surface area contributed by atoms with Crippen molar-refractivity contribution in [3.8, 4) is 28.7 Å². The van der Waals surface area contributed by atoms with Gasteiger partial charge in [-0.3, -0.25) is 0 Å². The summed E-state index contributed by atoms with van der Waals surface area (Å²) in [6, 6.07) is 11.0. The predicted octanol–water partition coefficient (Wildman–Crippen LogP) is 2.61. The Morgan fingerprint density at radius 3 is 2.83 bits per heavy atom. The Kier molecular flexibility index (Phi) is 4.90. The molecule has 118 valence electrons. The molecule has 1 aromatic carbocycles. The molecule has 2 aromatic heterocycles. The fourth-order valence-corrected chi connectivity index (χ4v) is 1.98. The predicted molar refractivity (Wildman–Crippen MR) is 82.7 cm³/mol. The standard InChI is InChI=1S/C16H16N4O3/c1-2-21-10-11-22-14-8-4-3-6-12(14)16-18-15(20-23-16)13-7-5-9-17-19-13/h3-9H,2,10-11H2,1H3. The highest BCUT2D eigenvalue weighted by Crippen LogP contribution is 2.29. The van der Waals surface area contributed by atoms with Crippen LogP contribution in [0.4, 0.5) is 0 Å². The summed E-state index contributed by atoms with van der Waals surface area (Å²) in [5.74, 6) is 1.43. The van der Waals surface area contributed by atoms with Gasteiger partial charge < -0.3 is 14.0 Å². The summed E-state index contributed by atoms with van der Waals surface area (Å²) >= 11 is 0. The number of rotatable bonds is 7. The highest BCUT2D eigenvalue weighted by atomic mass is 16.5. The zero-order valence-electron chi connectivity index (χ0n) is 12.7. The van der Waals surface area contributed by atoms with Gasteiger partial charge in [0.1, 0.15) is 18.1 Å². The maximum Gasteiger partial charge on any atom is 0.262 e. The molecule has 0 aliphatic carbocycles. The number of aromatic nitrogens is 4. The van der Waals surface area contributed by atoms with Crippen LogP contribution >= 0.6 is 0 Å². The van der Waals surface area contributed by atoms with Gasteiger partial charge in [0.2, 0.25) is 5.82 Å². The molecule has 0 radical (unpaired) electrons. The molecule has 0 spiro atoms. The van der Waals surface area contributed by atoms with Crippen LogP contribution in [0.5, 0.6) is 5.75 Å². The second-order valence-corrected chi connectivity index (χ2v) is 4.57. The quantitative estimate of drug-likeness (QED) is 0.620. The molecule has 0 aliphatic rings. The topological polar surface area (TPSA) is 83.2 Å². The van der Waals surface area contributed by atoms with Crippen LogP contribution in [0.2, 0.25) is 0 Å². The molecule has 3 aromatic rings. The van der Waals surface area contributed by atoms with Crippen molar-refractivity contribution >= 4 is 0 Å². The third-order valence-electron chi connectivity index (χ3n) is 3.03. The molecular formula is C16H16N4O3. The van der Waals surface area contributed by atoms with Crippen LogP contribution in [0.25, 0.3) is 23.0 Å². The van der Waals surface area contributed by atoms with Crippen molar-refractivity contribution in [3.63, 3.8) is 0 Å². The highest BCUT2D eigenvalue weighted by Gasteiger charge is 2.15. The van der Waals surface area contributed by atoms with Crippen LogP contribution in [-0.4, -0.2) is 40.2 Å². The largest absolute Gasteiger partial charge is 0.490 e. The van der Waals surface area contributed by atoms with E-state index in [9.17, 15) is 0 Å². The molecule has 23 heavy (non-hydrogen) atoms. The minimum absolute atomic E-state index is 0.373. The van der Waals surface area contributed by atoms with Crippen molar-refractivity contribution in [2.45, 2.75) is 6.92 Å². The summed E-state index contributed by atoms with van der Waals surface area (Å²) < 4.78 is 16.3. The molecule has 2 heterocycles. The van der Waals surface area contributed by atoms with Crippen LogP contribution in [-0.2, 0) is 4.74 Å². The van der Waals surface area contributed by atoms with Crippen molar-refractivity contribution in [1.82, 2.24) is 20.3 Å². The first-order chi connectivity index (χ1) is 11.4. The molecule has 0 fully saturated rings. The highest BCUT2D eigenvalue weighted by molar-refractivity contribution is 5.64. The average Bonchev–Trinajstić information content (AvgIpc) is 3.10. The number of hydrogen-bond acceptors (Lipinski definition) is 7. The molecule has 0 saturated carbocycles. The van der Waals surface area contributed by atoms with Gasteiger partial charge in [-0.05, 0) is 31.2 Å². The molecule has 7 nitrogen and oxygen atoms in total. The van der Waals surface area contributed by atoms with E-state index in [2.05, 4.69) is 20.3 Å². The molecule has 0 unspecified atom stereocenters. The molecule has 0 N–H and O–H groups in total. The van der Waals surface area contributed by atoms with Gasteiger partial charge >= 0.3 is 0 Å². The summed E-state index contributed by atoms with van der Waals surface area (Å²) in [6.45, 7) is 3.59. The fourth-order valence-electron chi connectivity index (χ4n) is 1.98. The zero-order valence-corrected chi connectivity index (χ0v) is 12.7. The lowest BCUT2D eigenvalue weighted by Crippen LogP contribution is -2.06. The fraction of sp³-hybridized carbons (Fsp3) is 0.250. The molecule has 0 atom stereocenters. The van der Waals surface area contributed by atoms with Gasteiger partial charge in [-0.25, -0.2) is 0 Å². The normalized spacial score (nSPS) is 10.7. The number of ether oxygens (including phenoxy) is 2. The summed E-state index contributed by atoms with van der Waals surface area (Å²) in [4.78, 5) is 4.36. The first-order valence-corrected chi connectivity index (χ1v) is 7.30. The van der Waals surface area contributed by atoms with Crippen molar-refractivity contribution in [2.24, 2.45) is 0 Å². The maximum atomic E-state index is 5.73. The van der Waals surface area contributed by atoms with E-state index in [-0.39, 0.29) is 0 Å². The van der Waals surface area contributed by atoms with Gasteiger partial charge in [-0.15, -0.1) is 5.10 Å². The van der Waals surface area contributed by atoms with Crippen LogP contribution in [0.15, 0.2) is 47.1 Å². The molecule has 0 bridgehead atoms. The third-order valence-corrected chi connectivity index (χ3v) is 3.03. The van der Waals surface area contributed by atoms with Crippen LogP contribution in [0, 0.1) is 0 Å². The van der Waals surface area contributed by atoms with Gasteiger partial charge in [0.05, 0.1) is 12.2 Å². The first-order valence-electron chi connectivity index (χ1n) is 7.30. The Balaban J connectivity index is 1.81. The van der Waals surface area contributed by atoms with Crippen molar-refractivity contribution < 1.29 is 14.0 Å². The molecule has 0 aliphatic heterocycles. The number of nitrogens with zero attached hydrogens (tertiary/aromatic N) is 4. The molecular weight excluding hydrogens is 296 g/mol. The lowest BCUT2D eigenvalue weighted by Gasteiger charge is -2.08. The molecule has 0 saturated heterocycles. The SMILES string of the molecule is CCOCCOc1ccccc1-c1nc(-c2cccnn2)no1. The number of para-hydroxylation sites is 1. The third kappa shape index (κ3) is 3.70. The van der Waals surface area contributed by atoms with Gasteiger partial charge in [0.15, 0.2) is 0 Å². The van der Waals surface area contributed by atoms with E-state index in [1.54, 1.807) is 18.3 Å². The van der Waals surface area contributed by atoms with E-state index in [0.29, 0.717) is 43.0 Å². The van der Waals surface area contributed by atoms with E-state index in [0.717, 1.165) is 5.56 Å². The molecule has 3 rings (SSSR count). The summed E-state index contributed by atoms with van der Waals surface area (Å²) in [5, 5.41) is 11.7. The second-order valence-electron chi connectivity index (χ2n) is 4.57. The maximum absolute atomic E-state index is 5.73. The Morgan fingerprint density at radius 2 is 2.00 bits per heavy atom. The monoisotopic (exact) mass is 312 g/mol. The molecule has 0 amide bonds. The van der Waals surface area contributed by atoms with E-state index in [1.807, 2.05) is 31.2 Å². The minimum atomic E-state index is 0.373. The second kappa shape index (κ2) is 7.46. The lowest BCUT2D eigenvalue weighted by atomic mass is 10.2. The van der Waals surface area contributed by atoms with Gasteiger partial charge in [0.25, 0.3) is 5.89 Å². The Hall–Kier alpha value is -2.80. The zero-order chi connectivity index (χ0) is 15.9. The minimum Gasteiger partial charge on any atom is -0.490 e. The van der Waals surface area contributed by atoms with Crippen molar-refractivity contribution in [2.75, 3.05) is 19.8 Å². The van der Waals surface area contributed by atoms with Crippen LogP contribution in [0.3, 0.4) is 0 Å². The molecule has 7 heteroatoms. The van der Waals surface area contributed by atoms with E-state index < -0.39 is 0 Å². The average molecular weight is 312 g/mol. The van der Waals surface area contributed by atoms with E-state index >= 15 is 0 Å². The van der Waals surface area contributed by atoms with Gasteiger partial charge in [0, 0.05) is 12.8 Å². The summed E-state index contributed by atoms with van der Waals surface area (Å²) in [6.07, 6.45) is 1.59. The summed E-state index contributed by atoms with van der Waals surface area (Å²) in [7, 11) is 0. The van der Waals surface area contributed by atoms with Crippen LogP contribution in [0.1, 0.15) is 6.92 Å². The Labute approximate surface area is 133 Å². The smallest absolute Gasteiger partial charge is 0.262 e. The van der Waals surface area contributed by atoms with Crippen molar-refractivity contribution in [1.29, 1.82) is 0 Å². The number of benzene rings is 1.